The molecule has 0 aliphatic carbocycles. The maximum Gasteiger partial charge on any atom is 0.255 e. The van der Waals surface area contributed by atoms with Gasteiger partial charge in [-0.15, -0.1) is 0 Å². The van der Waals surface area contributed by atoms with Crippen molar-refractivity contribution in [3.63, 3.8) is 0 Å². The van der Waals surface area contributed by atoms with Crippen LogP contribution in [0.1, 0.15) is 5.56 Å². The maximum atomic E-state index is 12.5. The number of ether oxygens (including phenoxy) is 1. The maximum absolute atomic E-state index is 12.5. The Labute approximate surface area is 162 Å². The van der Waals surface area contributed by atoms with Crippen LogP contribution in [0.4, 0.5) is 0 Å². The van der Waals surface area contributed by atoms with E-state index in [4.69, 9.17) is 16.3 Å². The second-order valence-corrected chi connectivity index (χ2v) is 7.90. The molecule has 2 aromatic rings. The molecule has 0 bridgehead atoms. The fraction of sp³-hybridized carbons (Fsp3) is 0.176. The molecule has 0 fully saturated rings. The molecule has 27 heavy (non-hydrogen) atoms. The summed E-state index contributed by atoms with van der Waals surface area (Å²) in [5.74, 6) is -0.219. The molecule has 2 N–H and O–H groups in total. The lowest BCUT2D eigenvalue weighted by Gasteiger charge is -2.16. The summed E-state index contributed by atoms with van der Waals surface area (Å²) < 4.78 is 30.9. The predicted octanol–water partition coefficient (Wildman–Crippen LogP) is 1.82. The highest BCUT2D eigenvalue weighted by molar-refractivity contribution is 7.89. The molecular weight excluding hydrogens is 394 g/mol. The minimum atomic E-state index is -3.92. The van der Waals surface area contributed by atoms with Crippen molar-refractivity contribution in [2.24, 2.45) is 5.10 Å². The lowest BCUT2D eigenvalue weighted by molar-refractivity contribution is -0.121. The van der Waals surface area contributed by atoms with Crippen molar-refractivity contribution in [3.8, 4) is 11.5 Å². The van der Waals surface area contributed by atoms with Crippen LogP contribution in [0, 0.1) is 0 Å². The van der Waals surface area contributed by atoms with Gasteiger partial charge in [0, 0.05) is 7.05 Å². The van der Waals surface area contributed by atoms with Crippen molar-refractivity contribution >= 4 is 33.7 Å². The molecule has 2 rings (SSSR count). The summed E-state index contributed by atoms with van der Waals surface area (Å²) in [6.45, 7) is -0.441. The topological polar surface area (TPSA) is 108 Å². The van der Waals surface area contributed by atoms with E-state index in [9.17, 15) is 18.3 Å². The third-order valence-corrected chi connectivity index (χ3v) is 5.57. The van der Waals surface area contributed by atoms with Gasteiger partial charge in [-0.25, -0.2) is 13.8 Å². The Balaban J connectivity index is 2.01. The van der Waals surface area contributed by atoms with Crippen LogP contribution >= 0.6 is 11.6 Å². The molecule has 0 unspecified atom stereocenters. The molecule has 2 aromatic carbocycles. The number of aromatic hydroxyl groups is 1. The Morgan fingerprint density at radius 3 is 2.70 bits per heavy atom. The minimum absolute atomic E-state index is 0.0631. The molecular formula is C17H18ClN3O5S. The first-order valence-corrected chi connectivity index (χ1v) is 9.46. The van der Waals surface area contributed by atoms with E-state index in [0.717, 1.165) is 4.31 Å². The molecule has 144 valence electrons. The van der Waals surface area contributed by atoms with Gasteiger partial charge in [-0.05, 0) is 35.9 Å². The number of sulfonamides is 1. The summed E-state index contributed by atoms with van der Waals surface area (Å²) in [6.07, 6.45) is 1.33. The van der Waals surface area contributed by atoms with E-state index >= 15 is 0 Å². The van der Waals surface area contributed by atoms with Gasteiger partial charge >= 0.3 is 0 Å². The van der Waals surface area contributed by atoms with E-state index in [-0.39, 0.29) is 15.7 Å². The number of rotatable bonds is 7. The second kappa shape index (κ2) is 8.85. The Bertz CT molecular complexity index is 963. The van der Waals surface area contributed by atoms with E-state index in [0.29, 0.717) is 11.3 Å². The number of amides is 1. The molecule has 0 saturated heterocycles. The summed E-state index contributed by atoms with van der Waals surface area (Å²) in [7, 11) is -1.23. The van der Waals surface area contributed by atoms with Gasteiger partial charge in [-0.1, -0.05) is 23.7 Å². The summed E-state index contributed by atoms with van der Waals surface area (Å²) >= 11 is 5.96. The van der Waals surface area contributed by atoms with E-state index in [1.165, 1.54) is 50.7 Å². The lowest BCUT2D eigenvalue weighted by atomic mass is 10.2. The van der Waals surface area contributed by atoms with Crippen molar-refractivity contribution in [1.82, 2.24) is 9.73 Å². The van der Waals surface area contributed by atoms with Gasteiger partial charge in [-0.3, -0.25) is 4.79 Å². The van der Waals surface area contributed by atoms with E-state index < -0.39 is 22.5 Å². The van der Waals surface area contributed by atoms with Gasteiger partial charge < -0.3 is 9.84 Å². The first-order chi connectivity index (χ1) is 12.7. The number of nitrogens with zero attached hydrogens (tertiary/aromatic N) is 2. The highest BCUT2D eigenvalue weighted by atomic mass is 35.5. The number of nitrogens with one attached hydrogen (secondary N) is 1. The van der Waals surface area contributed by atoms with Crippen LogP contribution < -0.4 is 10.2 Å². The van der Waals surface area contributed by atoms with Crippen molar-refractivity contribution < 1.29 is 23.1 Å². The molecule has 0 spiro atoms. The number of hydrazone groups is 1. The van der Waals surface area contributed by atoms with Crippen molar-refractivity contribution in [3.05, 3.63) is 53.1 Å². The SMILES string of the molecule is COc1ccc(S(=O)(=O)N(C)CC(=O)NN=Cc2cccc(O)c2)cc1Cl. The van der Waals surface area contributed by atoms with Gasteiger partial charge in [0.15, 0.2) is 0 Å². The molecule has 8 nitrogen and oxygen atoms in total. The number of phenols is 1. The smallest absolute Gasteiger partial charge is 0.255 e. The zero-order valence-corrected chi connectivity index (χ0v) is 16.2. The van der Waals surface area contributed by atoms with Crippen molar-refractivity contribution in [1.29, 1.82) is 0 Å². The van der Waals surface area contributed by atoms with Crippen LogP contribution in [-0.4, -0.2) is 50.7 Å². The van der Waals surface area contributed by atoms with Crippen LogP contribution in [0.3, 0.4) is 0 Å². The number of halogens is 1. The van der Waals surface area contributed by atoms with Gasteiger partial charge in [0.2, 0.25) is 10.0 Å². The number of benzene rings is 2. The number of hydrogen-bond acceptors (Lipinski definition) is 6. The molecule has 1 amide bonds. The number of methoxy groups -OCH3 is 1. The van der Waals surface area contributed by atoms with Gasteiger partial charge in [-0.2, -0.15) is 9.41 Å². The largest absolute Gasteiger partial charge is 0.508 e. The molecule has 0 saturated carbocycles. The Morgan fingerprint density at radius 2 is 2.07 bits per heavy atom. The molecule has 0 atom stereocenters. The second-order valence-electron chi connectivity index (χ2n) is 5.45. The monoisotopic (exact) mass is 411 g/mol. The molecule has 0 radical (unpaired) electrons. The fourth-order valence-electron chi connectivity index (χ4n) is 2.09. The first-order valence-electron chi connectivity index (χ1n) is 7.65. The van der Waals surface area contributed by atoms with Crippen molar-refractivity contribution in [2.75, 3.05) is 20.7 Å². The summed E-state index contributed by atoms with van der Waals surface area (Å²) in [5, 5.41) is 13.2. The van der Waals surface area contributed by atoms with Crippen LogP contribution in [0.5, 0.6) is 11.5 Å². The number of carbonyl (C=O) groups is 1. The van der Waals surface area contributed by atoms with Crippen LogP contribution in [-0.2, 0) is 14.8 Å². The summed E-state index contributed by atoms with van der Waals surface area (Å²) in [4.78, 5) is 11.9. The Morgan fingerprint density at radius 1 is 1.33 bits per heavy atom. The number of likely N-dealkylation sites (N-methyl/N-ethyl adjacent to an activating group) is 1. The molecule has 0 heterocycles. The average molecular weight is 412 g/mol. The minimum Gasteiger partial charge on any atom is -0.508 e. The quantitative estimate of drug-likeness (QED) is 0.533. The lowest BCUT2D eigenvalue weighted by Crippen LogP contribution is -2.36. The fourth-order valence-corrected chi connectivity index (χ4v) is 3.57. The van der Waals surface area contributed by atoms with Crippen LogP contribution in [0.2, 0.25) is 5.02 Å². The zero-order chi connectivity index (χ0) is 20.0. The standard InChI is InChI=1S/C17H18ClN3O5S/c1-21(27(24,25)14-6-7-16(26-2)15(18)9-14)11-17(23)20-19-10-12-4-3-5-13(22)8-12/h3-10,22H,11H2,1-2H3,(H,20,23). The highest BCUT2D eigenvalue weighted by Crippen LogP contribution is 2.27. The normalized spacial score (nSPS) is 11.7. The van der Waals surface area contributed by atoms with E-state index in [1.54, 1.807) is 12.1 Å². The van der Waals surface area contributed by atoms with Gasteiger partial charge in [0.05, 0.1) is 29.8 Å². The van der Waals surface area contributed by atoms with Gasteiger partial charge in [0.1, 0.15) is 11.5 Å². The third kappa shape index (κ3) is 5.43. The third-order valence-electron chi connectivity index (χ3n) is 3.47. The molecule has 0 aliphatic rings. The predicted molar refractivity (Wildman–Crippen MR) is 102 cm³/mol. The van der Waals surface area contributed by atoms with Crippen LogP contribution in [0.25, 0.3) is 0 Å². The number of phenolic OH excluding ortho intramolecular Hbond substituents is 1. The molecule has 10 heteroatoms. The van der Waals surface area contributed by atoms with E-state index in [1.807, 2.05) is 0 Å². The molecule has 0 aromatic heterocycles. The molecule has 0 aliphatic heterocycles. The zero-order valence-electron chi connectivity index (χ0n) is 14.6. The van der Waals surface area contributed by atoms with Crippen LogP contribution in [0.15, 0.2) is 52.5 Å². The Kier molecular flexibility index (Phi) is 6.78. The Hall–Kier alpha value is -2.62. The summed E-state index contributed by atoms with van der Waals surface area (Å²) in [6, 6.07) is 10.3. The summed E-state index contributed by atoms with van der Waals surface area (Å²) in [5.41, 5.74) is 2.80. The van der Waals surface area contributed by atoms with Crippen molar-refractivity contribution in [2.45, 2.75) is 4.90 Å². The number of hydrogen-bond donors (Lipinski definition) is 2. The average Bonchev–Trinajstić information content (AvgIpc) is 2.61. The van der Waals surface area contributed by atoms with E-state index in [2.05, 4.69) is 10.5 Å². The number of carbonyl (C=O) groups excluding carboxylic acids is 1. The van der Waals surface area contributed by atoms with Gasteiger partial charge in [0.25, 0.3) is 5.91 Å². The highest BCUT2D eigenvalue weighted by Gasteiger charge is 2.23. The first kappa shape index (κ1) is 20.7.